The number of halogens is 2. The molecule has 0 bridgehead atoms. The van der Waals surface area contributed by atoms with Crippen molar-refractivity contribution in [2.24, 2.45) is 5.92 Å². The van der Waals surface area contributed by atoms with Gasteiger partial charge in [0.15, 0.2) is 0 Å². The summed E-state index contributed by atoms with van der Waals surface area (Å²) in [6.07, 6.45) is 9.43. The van der Waals surface area contributed by atoms with Crippen molar-refractivity contribution in [2.45, 2.75) is 106 Å². The standard InChI is InChI=1S/C23H27.C21H23.C2H7Si.2ClH.Zr/c1-5-7-17(4)21-14-20-8-6-9-22(23(20)15-21)19-12-10-18(11-13-19)16(2)3;1-4-15(3)17-9-11-18(12-10-17)20-8-6-7-19-13-16(5-2)14-21(19)20;1-3-2;;;/h6,8-17H,5,7H2,1-4H3;6-15H,4-5H2,1-3H3;3H,1-2H3;2*1H;/q;;;;;+2/p-2. The van der Waals surface area contributed by atoms with Crippen molar-refractivity contribution in [3.05, 3.63) is 129 Å². The monoisotopic (exact) mass is 797 g/mol. The van der Waals surface area contributed by atoms with Gasteiger partial charge in [-0.25, -0.2) is 0 Å². The molecule has 263 valence electrons. The third kappa shape index (κ3) is 6.37. The van der Waals surface area contributed by atoms with Gasteiger partial charge >= 0.3 is 315 Å². The normalized spacial score (nSPS) is 19.1. The van der Waals surface area contributed by atoms with E-state index < -0.39 is 21.5 Å². The average molecular weight is 800 g/mol. The Morgan fingerprint density at radius 1 is 0.640 bits per heavy atom. The van der Waals surface area contributed by atoms with Gasteiger partial charge in [0.1, 0.15) is 0 Å². The maximum atomic E-state index is 8.79. The molecule has 0 N–H and O–H groups in total. The number of hydrogen-bond donors (Lipinski definition) is 0. The molecule has 0 saturated heterocycles. The van der Waals surface area contributed by atoms with Crippen LogP contribution in [0.5, 0.6) is 0 Å². The van der Waals surface area contributed by atoms with Crippen molar-refractivity contribution < 1.29 is 15.6 Å². The Labute approximate surface area is 312 Å². The van der Waals surface area contributed by atoms with Crippen LogP contribution < -0.4 is 0 Å². The fraction of sp³-hybridized carbons (Fsp3) is 0.391. The van der Waals surface area contributed by atoms with Gasteiger partial charge in [0.05, 0.1) is 0 Å². The molecule has 4 unspecified atom stereocenters. The van der Waals surface area contributed by atoms with Crippen LogP contribution in [0.2, 0.25) is 13.1 Å². The first kappa shape index (κ1) is 37.8. The average Bonchev–Trinajstić information content (AvgIpc) is 3.72. The van der Waals surface area contributed by atoms with Crippen molar-refractivity contribution >= 4 is 35.1 Å². The van der Waals surface area contributed by atoms with Gasteiger partial charge in [-0.3, -0.25) is 0 Å². The minimum atomic E-state index is -4.88. The molecule has 0 fully saturated rings. The summed E-state index contributed by atoms with van der Waals surface area (Å²) in [7, 11) is 17.6. The fourth-order valence-corrected chi connectivity index (χ4v) is 40.6. The number of rotatable bonds is 12. The van der Waals surface area contributed by atoms with Gasteiger partial charge in [0.2, 0.25) is 0 Å². The summed E-state index contributed by atoms with van der Waals surface area (Å²) < 4.78 is 0.204. The molecule has 0 aromatic heterocycles. The van der Waals surface area contributed by atoms with E-state index in [1.54, 1.807) is 0 Å². The Hall–Kier alpha value is -1.96. The number of allylic oxidation sites excluding steroid dienone is 2. The van der Waals surface area contributed by atoms with Crippen LogP contribution in [0.1, 0.15) is 127 Å². The molecular formula is C46H57Cl2SiZr. The van der Waals surface area contributed by atoms with Gasteiger partial charge in [-0.05, 0) is 0 Å². The van der Waals surface area contributed by atoms with E-state index in [-0.39, 0.29) is 7.25 Å². The number of fused-ring (bicyclic) bond motifs is 2. The molecule has 0 amide bonds. The first-order chi connectivity index (χ1) is 23.8. The van der Waals surface area contributed by atoms with E-state index in [0.717, 1.165) is 25.7 Å². The van der Waals surface area contributed by atoms with Crippen molar-refractivity contribution in [1.82, 2.24) is 0 Å². The topological polar surface area (TPSA) is 0 Å². The first-order valence-electron chi connectivity index (χ1n) is 19.3. The summed E-state index contributed by atoms with van der Waals surface area (Å²) in [5.74, 6) is -0.168. The third-order valence-electron chi connectivity index (χ3n) is 12.4. The van der Waals surface area contributed by atoms with Crippen LogP contribution in [0, 0.1) is 5.92 Å². The van der Waals surface area contributed by atoms with Gasteiger partial charge in [0.25, 0.3) is 0 Å². The zero-order valence-corrected chi connectivity index (χ0v) is 36.9. The molecule has 4 aromatic carbocycles. The molecule has 4 heteroatoms. The van der Waals surface area contributed by atoms with Gasteiger partial charge in [0, 0.05) is 0 Å². The van der Waals surface area contributed by atoms with Crippen LogP contribution in [0.15, 0.2) is 96.1 Å². The van der Waals surface area contributed by atoms with Crippen molar-refractivity contribution in [3.63, 3.8) is 0 Å². The summed E-state index contributed by atoms with van der Waals surface area (Å²) in [5, 5.41) is 0. The van der Waals surface area contributed by atoms with Crippen molar-refractivity contribution in [2.75, 3.05) is 0 Å². The Kier molecular flexibility index (Phi) is 11.2. The Balaban J connectivity index is 1.55. The van der Waals surface area contributed by atoms with Gasteiger partial charge in [-0.1, -0.05) is 0 Å². The van der Waals surface area contributed by atoms with E-state index in [4.69, 9.17) is 17.0 Å². The summed E-state index contributed by atoms with van der Waals surface area (Å²) in [5.41, 5.74) is 16.3. The second-order valence-electron chi connectivity index (χ2n) is 16.0. The quantitative estimate of drug-likeness (QED) is 0.125. The predicted octanol–water partition coefficient (Wildman–Crippen LogP) is 15.1. The van der Waals surface area contributed by atoms with E-state index in [2.05, 4.69) is 159 Å². The van der Waals surface area contributed by atoms with E-state index in [1.165, 1.54) is 66.8 Å². The van der Waals surface area contributed by atoms with Crippen LogP contribution in [0.4, 0.5) is 0 Å². The van der Waals surface area contributed by atoms with Gasteiger partial charge in [-0.2, -0.15) is 0 Å². The fourth-order valence-electron chi connectivity index (χ4n) is 9.10. The first-order valence-corrected chi connectivity index (χ1v) is 35.6. The Morgan fingerprint density at radius 3 is 1.64 bits per heavy atom. The molecule has 2 aliphatic rings. The molecule has 0 nitrogen and oxygen atoms in total. The summed E-state index contributed by atoms with van der Waals surface area (Å²) in [4.78, 5) is 0. The molecule has 0 spiro atoms. The molecule has 2 aliphatic carbocycles. The zero-order chi connectivity index (χ0) is 36.0. The molecule has 6 rings (SSSR count). The van der Waals surface area contributed by atoms with Gasteiger partial charge in [-0.15, -0.1) is 0 Å². The molecule has 0 saturated carbocycles. The predicted molar refractivity (Wildman–Crippen MR) is 223 cm³/mol. The van der Waals surface area contributed by atoms with E-state index in [9.17, 15) is 0 Å². The van der Waals surface area contributed by atoms with Crippen LogP contribution in [-0.4, -0.2) is 5.92 Å². The SMILES string of the molecule is CCCC(C)C1=Cc2c(-c3ccc(C(C)C)cc3)cccc2[CH]1[Zr]([Cl])([Cl])([CH]1C(CC)=Cc2c(-c3ccc(C(C)CC)cc3)cccc21)[SiH](C)C. The van der Waals surface area contributed by atoms with Crippen LogP contribution >= 0.6 is 17.0 Å². The number of benzene rings is 4. The molecular weight excluding hydrogens is 743 g/mol. The molecule has 0 radical (unpaired) electrons. The second-order valence-corrected chi connectivity index (χ2v) is 58.5. The van der Waals surface area contributed by atoms with Crippen molar-refractivity contribution in [3.8, 4) is 22.3 Å². The summed E-state index contributed by atoms with van der Waals surface area (Å²) in [6, 6.07) is 32.4. The molecule has 4 atom stereocenters. The maximum absolute atomic E-state index is 8.79. The molecule has 0 heterocycles. The second kappa shape index (κ2) is 14.8. The van der Waals surface area contributed by atoms with Crippen LogP contribution in [-0.2, 0) is 15.6 Å². The Morgan fingerprint density at radius 2 is 1.16 bits per heavy atom. The van der Waals surface area contributed by atoms with E-state index in [1.807, 2.05) is 0 Å². The van der Waals surface area contributed by atoms with Crippen molar-refractivity contribution in [1.29, 1.82) is 0 Å². The van der Waals surface area contributed by atoms with Crippen LogP contribution in [0.3, 0.4) is 0 Å². The number of hydrogen-bond acceptors (Lipinski definition) is 0. The van der Waals surface area contributed by atoms with E-state index in [0.29, 0.717) is 17.8 Å². The Bertz CT molecular complexity index is 1910. The molecule has 4 aromatic rings. The third-order valence-corrected chi connectivity index (χ3v) is 64.2. The summed E-state index contributed by atoms with van der Waals surface area (Å²) >= 11 is -4.88. The zero-order valence-electron chi connectivity index (χ0n) is 31.8. The molecule has 50 heavy (non-hydrogen) atoms. The summed E-state index contributed by atoms with van der Waals surface area (Å²) in [6.45, 7) is 21.1. The van der Waals surface area contributed by atoms with Crippen LogP contribution in [0.25, 0.3) is 34.4 Å². The van der Waals surface area contributed by atoms with Gasteiger partial charge < -0.3 is 0 Å². The molecule has 0 aliphatic heterocycles. The minimum absolute atomic E-state index is 0.0993. The van der Waals surface area contributed by atoms with E-state index >= 15 is 0 Å².